The number of methoxy groups -OCH3 is 1. The van der Waals surface area contributed by atoms with Crippen molar-refractivity contribution in [3.05, 3.63) is 88.4 Å². The van der Waals surface area contributed by atoms with Crippen molar-refractivity contribution in [2.75, 3.05) is 20.3 Å². The Bertz CT molecular complexity index is 1330. The molecule has 8 nitrogen and oxygen atoms in total. The SMILES string of the molecule is CCOc1ccc(/C=N\NC(=O)CN(Cc2ccccc2C)S(=O)(=O)c2ccc(Cl)cc2)cc1OC. The molecule has 0 saturated carbocycles. The Morgan fingerprint density at radius 2 is 1.81 bits per heavy atom. The monoisotopic (exact) mass is 529 g/mol. The third kappa shape index (κ3) is 7.07. The van der Waals surface area contributed by atoms with Crippen molar-refractivity contribution in [1.29, 1.82) is 0 Å². The number of benzene rings is 3. The highest BCUT2D eigenvalue weighted by molar-refractivity contribution is 7.89. The van der Waals surface area contributed by atoms with Gasteiger partial charge in [-0.2, -0.15) is 9.41 Å². The van der Waals surface area contributed by atoms with Crippen molar-refractivity contribution < 1.29 is 22.7 Å². The van der Waals surface area contributed by atoms with Crippen LogP contribution in [0, 0.1) is 6.92 Å². The molecule has 0 aliphatic carbocycles. The average Bonchev–Trinajstić information content (AvgIpc) is 2.86. The third-order valence-corrected chi connectivity index (χ3v) is 7.33. The van der Waals surface area contributed by atoms with Crippen molar-refractivity contribution in [2.45, 2.75) is 25.3 Å². The second kappa shape index (κ2) is 12.5. The molecule has 0 aliphatic heterocycles. The van der Waals surface area contributed by atoms with E-state index in [0.29, 0.717) is 28.7 Å². The van der Waals surface area contributed by atoms with Gasteiger partial charge in [0.25, 0.3) is 5.91 Å². The summed E-state index contributed by atoms with van der Waals surface area (Å²) in [6.07, 6.45) is 1.44. The van der Waals surface area contributed by atoms with Crippen LogP contribution in [0.5, 0.6) is 11.5 Å². The average molecular weight is 530 g/mol. The summed E-state index contributed by atoms with van der Waals surface area (Å²) in [4.78, 5) is 12.8. The maximum Gasteiger partial charge on any atom is 0.255 e. The summed E-state index contributed by atoms with van der Waals surface area (Å²) in [5, 5.41) is 4.39. The number of nitrogens with zero attached hydrogens (tertiary/aromatic N) is 2. The Morgan fingerprint density at radius 3 is 2.47 bits per heavy atom. The second-order valence-electron chi connectivity index (χ2n) is 7.79. The van der Waals surface area contributed by atoms with Crippen LogP contribution in [-0.2, 0) is 21.4 Å². The summed E-state index contributed by atoms with van der Waals surface area (Å²) in [7, 11) is -2.46. The first-order valence-electron chi connectivity index (χ1n) is 11.2. The molecule has 3 aromatic rings. The minimum Gasteiger partial charge on any atom is -0.493 e. The van der Waals surface area contributed by atoms with E-state index >= 15 is 0 Å². The molecule has 36 heavy (non-hydrogen) atoms. The Morgan fingerprint density at radius 1 is 1.08 bits per heavy atom. The van der Waals surface area contributed by atoms with Gasteiger partial charge in [-0.25, -0.2) is 13.8 Å². The van der Waals surface area contributed by atoms with Crippen molar-refractivity contribution in [2.24, 2.45) is 5.10 Å². The van der Waals surface area contributed by atoms with Crippen LogP contribution < -0.4 is 14.9 Å². The lowest BCUT2D eigenvalue weighted by atomic mass is 10.1. The van der Waals surface area contributed by atoms with Gasteiger partial charge in [-0.3, -0.25) is 4.79 Å². The largest absolute Gasteiger partial charge is 0.493 e. The molecule has 0 unspecified atom stereocenters. The van der Waals surface area contributed by atoms with Gasteiger partial charge in [0.1, 0.15) is 0 Å². The van der Waals surface area contributed by atoms with E-state index in [1.54, 1.807) is 18.2 Å². The maximum absolute atomic E-state index is 13.4. The van der Waals surface area contributed by atoms with Crippen molar-refractivity contribution in [3.63, 3.8) is 0 Å². The molecule has 0 spiro atoms. The van der Waals surface area contributed by atoms with Crippen molar-refractivity contribution in [3.8, 4) is 11.5 Å². The Balaban J connectivity index is 1.78. The van der Waals surface area contributed by atoms with Gasteiger partial charge in [-0.1, -0.05) is 35.9 Å². The van der Waals surface area contributed by atoms with Crippen LogP contribution in [0.4, 0.5) is 0 Å². The van der Waals surface area contributed by atoms with Crippen LogP contribution in [0.25, 0.3) is 0 Å². The van der Waals surface area contributed by atoms with Crippen LogP contribution in [0.15, 0.2) is 76.7 Å². The molecule has 1 amide bonds. The van der Waals surface area contributed by atoms with Gasteiger partial charge in [0.2, 0.25) is 10.0 Å². The molecule has 0 saturated heterocycles. The molecular weight excluding hydrogens is 502 g/mol. The molecule has 0 aromatic heterocycles. The predicted molar refractivity (Wildman–Crippen MR) is 140 cm³/mol. The number of rotatable bonds is 11. The number of nitrogens with one attached hydrogen (secondary N) is 1. The molecule has 3 rings (SSSR count). The van der Waals surface area contributed by atoms with E-state index < -0.39 is 22.5 Å². The minimum atomic E-state index is -3.99. The van der Waals surface area contributed by atoms with E-state index in [9.17, 15) is 13.2 Å². The molecule has 0 fully saturated rings. The standard InChI is InChI=1S/C26H28ClN3O5S/c1-4-35-24-14-9-20(15-25(24)34-3)16-28-29-26(31)18-30(17-21-8-6-5-7-19(21)2)36(32,33)23-12-10-22(27)11-13-23/h5-16H,4,17-18H2,1-3H3,(H,29,31)/b28-16-. The smallest absolute Gasteiger partial charge is 0.255 e. The normalized spacial score (nSPS) is 11.6. The number of halogens is 1. The number of carbonyl (C=O) groups excluding carboxylic acids is 1. The van der Waals surface area contributed by atoms with Gasteiger partial charge in [0.15, 0.2) is 11.5 Å². The number of sulfonamides is 1. The highest BCUT2D eigenvalue weighted by Crippen LogP contribution is 2.27. The van der Waals surface area contributed by atoms with Gasteiger partial charge in [-0.05, 0) is 73.0 Å². The van der Waals surface area contributed by atoms with E-state index in [1.807, 2.05) is 38.1 Å². The topological polar surface area (TPSA) is 97.3 Å². The Kier molecular flexibility index (Phi) is 9.46. The van der Waals surface area contributed by atoms with Gasteiger partial charge in [0.05, 0.1) is 31.4 Å². The summed E-state index contributed by atoms with van der Waals surface area (Å²) in [6, 6.07) is 18.5. The number of amides is 1. The van der Waals surface area contributed by atoms with Crippen molar-refractivity contribution >= 4 is 33.7 Å². The van der Waals surface area contributed by atoms with Crippen molar-refractivity contribution in [1.82, 2.24) is 9.73 Å². The first kappa shape index (κ1) is 27.2. The fourth-order valence-corrected chi connectivity index (χ4v) is 4.87. The molecule has 0 atom stereocenters. The molecule has 0 heterocycles. The lowest BCUT2D eigenvalue weighted by Crippen LogP contribution is -2.39. The van der Waals surface area contributed by atoms with Crippen LogP contribution in [-0.4, -0.2) is 45.1 Å². The fraction of sp³-hybridized carbons (Fsp3) is 0.231. The molecular formula is C26H28ClN3O5S. The number of carbonyl (C=O) groups is 1. The van der Waals surface area contributed by atoms with E-state index in [2.05, 4.69) is 10.5 Å². The molecule has 190 valence electrons. The lowest BCUT2D eigenvalue weighted by Gasteiger charge is -2.22. The zero-order valence-corrected chi connectivity index (χ0v) is 21.8. The van der Waals surface area contributed by atoms with Crippen LogP contribution in [0.3, 0.4) is 0 Å². The van der Waals surface area contributed by atoms with E-state index in [1.165, 1.54) is 37.6 Å². The molecule has 0 aliphatic rings. The number of hydrogen-bond acceptors (Lipinski definition) is 6. The molecule has 10 heteroatoms. The van der Waals surface area contributed by atoms with Crippen LogP contribution >= 0.6 is 11.6 Å². The highest BCUT2D eigenvalue weighted by Gasteiger charge is 2.27. The van der Waals surface area contributed by atoms with Crippen LogP contribution in [0.1, 0.15) is 23.6 Å². The Labute approximate surface area is 216 Å². The van der Waals surface area contributed by atoms with Gasteiger partial charge in [-0.15, -0.1) is 0 Å². The predicted octanol–water partition coefficient (Wildman–Crippen LogP) is 4.40. The summed E-state index contributed by atoms with van der Waals surface area (Å²) in [6.45, 7) is 3.85. The van der Waals surface area contributed by atoms with E-state index in [-0.39, 0.29) is 11.4 Å². The molecule has 1 N–H and O–H groups in total. The number of hydrogen-bond donors (Lipinski definition) is 1. The van der Waals surface area contributed by atoms with Gasteiger partial charge < -0.3 is 9.47 Å². The molecule has 3 aromatic carbocycles. The highest BCUT2D eigenvalue weighted by atomic mass is 35.5. The maximum atomic E-state index is 13.4. The molecule has 0 bridgehead atoms. The van der Waals surface area contributed by atoms with Crippen LogP contribution in [0.2, 0.25) is 5.02 Å². The minimum absolute atomic E-state index is 0.0187. The van der Waals surface area contributed by atoms with E-state index in [0.717, 1.165) is 15.4 Å². The summed E-state index contributed by atoms with van der Waals surface area (Å²) in [5.74, 6) is 0.543. The summed E-state index contributed by atoms with van der Waals surface area (Å²) < 4.78 is 38.7. The first-order chi connectivity index (χ1) is 17.2. The first-order valence-corrected chi connectivity index (χ1v) is 13.0. The van der Waals surface area contributed by atoms with Gasteiger partial charge in [0, 0.05) is 11.6 Å². The number of aryl methyl sites for hydroxylation is 1. The molecule has 0 radical (unpaired) electrons. The van der Waals surface area contributed by atoms with Gasteiger partial charge >= 0.3 is 0 Å². The number of ether oxygens (including phenoxy) is 2. The lowest BCUT2D eigenvalue weighted by molar-refractivity contribution is -0.121. The summed E-state index contributed by atoms with van der Waals surface area (Å²) in [5.41, 5.74) is 4.77. The third-order valence-electron chi connectivity index (χ3n) is 5.27. The zero-order chi connectivity index (χ0) is 26.1. The zero-order valence-electron chi connectivity index (χ0n) is 20.3. The quantitative estimate of drug-likeness (QED) is 0.293. The summed E-state index contributed by atoms with van der Waals surface area (Å²) >= 11 is 5.92. The van der Waals surface area contributed by atoms with E-state index in [4.69, 9.17) is 21.1 Å². The fourth-order valence-electron chi connectivity index (χ4n) is 3.37. The Hall–Kier alpha value is -3.40. The number of hydrazone groups is 1. The second-order valence-corrected chi connectivity index (χ2v) is 10.2.